The van der Waals surface area contributed by atoms with Gasteiger partial charge in [0.2, 0.25) is 0 Å². The van der Waals surface area contributed by atoms with E-state index in [1.165, 1.54) is 25.2 Å². The zero-order valence-corrected chi connectivity index (χ0v) is 14.1. The van der Waals surface area contributed by atoms with Crippen molar-refractivity contribution in [2.75, 3.05) is 7.05 Å². The molecule has 0 aliphatic heterocycles. The number of carboxylic acid groups (broad SMARTS) is 1. The fraction of sp³-hybridized carbons (Fsp3) is 0.263. The second kappa shape index (κ2) is 7.79. The molecule has 1 atom stereocenters. The lowest BCUT2D eigenvalue weighted by atomic mass is 9.86. The molecule has 0 spiro atoms. The average molecular weight is 345 g/mol. The first kappa shape index (κ1) is 18.4. The van der Waals surface area contributed by atoms with Gasteiger partial charge in [0.1, 0.15) is 12.4 Å². The highest BCUT2D eigenvalue weighted by atomic mass is 19.1. The molecule has 1 N–H and O–H groups in total. The van der Waals surface area contributed by atoms with E-state index in [0.717, 1.165) is 16.5 Å². The van der Waals surface area contributed by atoms with E-state index in [9.17, 15) is 19.1 Å². The molecule has 0 aliphatic rings. The van der Waals surface area contributed by atoms with Gasteiger partial charge in [-0.1, -0.05) is 49.4 Å². The molecule has 0 fully saturated rings. The molecule has 1 amide bonds. The summed E-state index contributed by atoms with van der Waals surface area (Å²) in [4.78, 5) is 25.5. The third kappa shape index (κ3) is 3.79. The SMILES string of the molecule is CCC(C(=O)O)(c1cccc(F)c1)N(C)C(=O)OCc1ccccc1. The van der Waals surface area contributed by atoms with Crippen molar-refractivity contribution in [2.24, 2.45) is 0 Å². The Balaban J connectivity index is 2.27. The van der Waals surface area contributed by atoms with Crippen LogP contribution >= 0.6 is 0 Å². The van der Waals surface area contributed by atoms with E-state index < -0.39 is 23.4 Å². The van der Waals surface area contributed by atoms with E-state index >= 15 is 0 Å². The first-order valence-electron chi connectivity index (χ1n) is 7.85. The lowest BCUT2D eigenvalue weighted by Gasteiger charge is -2.37. The van der Waals surface area contributed by atoms with Crippen LogP contribution in [0.2, 0.25) is 0 Å². The monoisotopic (exact) mass is 345 g/mol. The molecule has 1 unspecified atom stereocenters. The normalized spacial score (nSPS) is 12.9. The summed E-state index contributed by atoms with van der Waals surface area (Å²) in [5, 5.41) is 9.80. The number of benzene rings is 2. The fourth-order valence-corrected chi connectivity index (χ4v) is 2.77. The maximum atomic E-state index is 13.6. The minimum absolute atomic E-state index is 0.0204. The van der Waals surface area contributed by atoms with Crippen LogP contribution in [0, 0.1) is 5.82 Å². The number of hydrogen-bond donors (Lipinski definition) is 1. The number of aliphatic carboxylic acids is 1. The van der Waals surface area contributed by atoms with Gasteiger partial charge in [0.05, 0.1) is 0 Å². The molecule has 0 radical (unpaired) electrons. The maximum Gasteiger partial charge on any atom is 0.411 e. The standard InChI is InChI=1S/C19H20FNO4/c1-3-19(17(22)23,15-10-7-11-16(20)12-15)21(2)18(24)25-13-14-8-5-4-6-9-14/h4-12H,3,13H2,1-2H3,(H,22,23). The van der Waals surface area contributed by atoms with Crippen molar-refractivity contribution >= 4 is 12.1 Å². The second-order valence-electron chi connectivity index (χ2n) is 5.63. The van der Waals surface area contributed by atoms with E-state index in [-0.39, 0.29) is 18.6 Å². The number of carbonyl (C=O) groups is 2. The van der Waals surface area contributed by atoms with Crippen molar-refractivity contribution in [1.29, 1.82) is 0 Å². The Hall–Kier alpha value is -2.89. The number of likely N-dealkylation sites (N-methyl/N-ethyl adjacent to an activating group) is 1. The number of carboxylic acids is 1. The Bertz CT molecular complexity index is 750. The number of rotatable bonds is 6. The molecule has 2 rings (SSSR count). The summed E-state index contributed by atoms with van der Waals surface area (Å²) >= 11 is 0. The van der Waals surface area contributed by atoms with Gasteiger partial charge in [0.15, 0.2) is 5.54 Å². The minimum atomic E-state index is -1.71. The first-order chi connectivity index (χ1) is 11.9. The van der Waals surface area contributed by atoms with E-state index in [1.807, 2.05) is 18.2 Å². The van der Waals surface area contributed by atoms with Crippen LogP contribution in [-0.2, 0) is 21.7 Å². The summed E-state index contributed by atoms with van der Waals surface area (Å²) in [7, 11) is 1.34. The molecule has 2 aromatic rings. The van der Waals surface area contributed by atoms with Crippen molar-refractivity contribution in [3.8, 4) is 0 Å². The Morgan fingerprint density at radius 1 is 1.16 bits per heavy atom. The van der Waals surface area contributed by atoms with Gasteiger partial charge in [-0.15, -0.1) is 0 Å². The van der Waals surface area contributed by atoms with Gasteiger partial charge in [0.25, 0.3) is 0 Å². The molecule has 5 nitrogen and oxygen atoms in total. The Kier molecular flexibility index (Phi) is 5.75. The molecule has 2 aromatic carbocycles. The first-order valence-corrected chi connectivity index (χ1v) is 7.85. The third-order valence-corrected chi connectivity index (χ3v) is 4.22. The zero-order chi connectivity index (χ0) is 18.4. The number of nitrogens with zero attached hydrogens (tertiary/aromatic N) is 1. The van der Waals surface area contributed by atoms with Gasteiger partial charge in [-0.3, -0.25) is 4.90 Å². The summed E-state index contributed by atoms with van der Waals surface area (Å²) in [6.07, 6.45) is -0.736. The molecule has 0 bridgehead atoms. The van der Waals surface area contributed by atoms with Crippen molar-refractivity contribution < 1.29 is 23.8 Å². The maximum absolute atomic E-state index is 13.6. The lowest BCUT2D eigenvalue weighted by molar-refractivity contribution is -0.151. The Morgan fingerprint density at radius 2 is 1.84 bits per heavy atom. The van der Waals surface area contributed by atoms with Gasteiger partial charge in [-0.05, 0) is 29.7 Å². The van der Waals surface area contributed by atoms with Crippen LogP contribution in [0.25, 0.3) is 0 Å². The van der Waals surface area contributed by atoms with Crippen LogP contribution in [-0.4, -0.2) is 29.1 Å². The van der Waals surface area contributed by atoms with Crippen molar-refractivity contribution in [3.05, 3.63) is 71.5 Å². The molecule has 6 heteroatoms. The van der Waals surface area contributed by atoms with E-state index in [2.05, 4.69) is 0 Å². The molecule has 0 saturated carbocycles. The molecular formula is C19H20FNO4. The molecule has 0 aliphatic carbocycles. The van der Waals surface area contributed by atoms with Gasteiger partial charge in [-0.2, -0.15) is 0 Å². The highest BCUT2D eigenvalue weighted by Gasteiger charge is 2.46. The summed E-state index contributed by atoms with van der Waals surface area (Å²) < 4.78 is 18.8. The molecule has 132 valence electrons. The topological polar surface area (TPSA) is 66.8 Å². The van der Waals surface area contributed by atoms with Crippen LogP contribution in [0.3, 0.4) is 0 Å². The van der Waals surface area contributed by atoms with E-state index in [0.29, 0.717) is 0 Å². The van der Waals surface area contributed by atoms with Crippen LogP contribution in [0.4, 0.5) is 9.18 Å². The van der Waals surface area contributed by atoms with Crippen molar-refractivity contribution in [3.63, 3.8) is 0 Å². The predicted octanol–water partition coefficient (Wildman–Crippen LogP) is 3.78. The smallest absolute Gasteiger partial charge is 0.411 e. The van der Waals surface area contributed by atoms with Gasteiger partial charge in [0, 0.05) is 7.05 Å². The highest BCUT2D eigenvalue weighted by Crippen LogP contribution is 2.33. The molecular weight excluding hydrogens is 325 g/mol. The lowest BCUT2D eigenvalue weighted by Crippen LogP contribution is -2.52. The summed E-state index contributed by atoms with van der Waals surface area (Å²) in [5.41, 5.74) is -0.746. The summed E-state index contributed by atoms with van der Waals surface area (Å²) in [6.45, 7) is 1.65. The third-order valence-electron chi connectivity index (χ3n) is 4.22. The number of hydrogen-bond acceptors (Lipinski definition) is 3. The quantitative estimate of drug-likeness (QED) is 0.865. The van der Waals surface area contributed by atoms with Gasteiger partial charge < -0.3 is 9.84 Å². The van der Waals surface area contributed by atoms with Crippen LogP contribution < -0.4 is 0 Å². The number of ether oxygens (including phenoxy) is 1. The van der Waals surface area contributed by atoms with E-state index in [4.69, 9.17) is 4.74 Å². The Morgan fingerprint density at radius 3 is 2.40 bits per heavy atom. The van der Waals surface area contributed by atoms with Crippen LogP contribution in [0.5, 0.6) is 0 Å². The zero-order valence-electron chi connectivity index (χ0n) is 14.1. The van der Waals surface area contributed by atoms with Crippen molar-refractivity contribution in [2.45, 2.75) is 25.5 Å². The number of amides is 1. The fourth-order valence-electron chi connectivity index (χ4n) is 2.77. The minimum Gasteiger partial charge on any atom is -0.479 e. The van der Waals surface area contributed by atoms with Crippen molar-refractivity contribution in [1.82, 2.24) is 4.90 Å². The van der Waals surface area contributed by atoms with Crippen LogP contribution in [0.15, 0.2) is 54.6 Å². The average Bonchev–Trinajstić information content (AvgIpc) is 2.61. The summed E-state index contributed by atoms with van der Waals surface area (Å²) in [6, 6.07) is 14.3. The number of carbonyl (C=O) groups excluding carboxylic acids is 1. The number of halogens is 1. The molecule has 0 heterocycles. The van der Waals surface area contributed by atoms with Crippen LogP contribution in [0.1, 0.15) is 24.5 Å². The van der Waals surface area contributed by atoms with Gasteiger partial charge >= 0.3 is 12.1 Å². The molecule has 0 aromatic heterocycles. The Labute approximate surface area is 145 Å². The van der Waals surface area contributed by atoms with Gasteiger partial charge in [-0.25, -0.2) is 14.0 Å². The largest absolute Gasteiger partial charge is 0.479 e. The summed E-state index contributed by atoms with van der Waals surface area (Å²) in [5.74, 6) is -1.82. The predicted molar refractivity (Wildman–Crippen MR) is 90.4 cm³/mol. The highest BCUT2D eigenvalue weighted by molar-refractivity contribution is 5.85. The molecule has 0 saturated heterocycles. The molecule has 25 heavy (non-hydrogen) atoms. The second-order valence-corrected chi connectivity index (χ2v) is 5.63. The van der Waals surface area contributed by atoms with E-state index in [1.54, 1.807) is 19.1 Å².